The molecule has 0 radical (unpaired) electrons. The van der Waals surface area contributed by atoms with Crippen LogP contribution >= 0.6 is 0 Å². The molecule has 0 rings (SSSR count). The standard InChI is InChI=1S/C6H12O6/c7-1-3(9)5(11)6(12)4(10)2-8/h1,3-6,8-12H,2H2/t3-,4+,5+,6+/m0/s1/i2D/t2?,3-,4+,5+,6+. The molecular formula is C6H12O6. The van der Waals surface area contributed by atoms with E-state index in [2.05, 4.69) is 0 Å². The second-order valence-corrected chi connectivity index (χ2v) is 2.25. The fourth-order valence-corrected chi connectivity index (χ4v) is 0.573. The van der Waals surface area contributed by atoms with Crippen molar-refractivity contribution in [3.05, 3.63) is 0 Å². The van der Waals surface area contributed by atoms with Gasteiger partial charge in [-0.2, -0.15) is 0 Å². The third-order valence-electron chi connectivity index (χ3n) is 1.34. The predicted molar refractivity (Wildman–Crippen MR) is 37.2 cm³/mol. The minimum absolute atomic E-state index is 0.0308. The molecule has 72 valence electrons. The number of carbonyl (C=O) groups excluding carboxylic acids is 1. The van der Waals surface area contributed by atoms with Gasteiger partial charge in [-0.05, 0) is 0 Å². The van der Waals surface area contributed by atoms with Crippen LogP contribution in [0.4, 0.5) is 0 Å². The van der Waals surface area contributed by atoms with Gasteiger partial charge in [-0.25, -0.2) is 0 Å². The lowest BCUT2D eigenvalue weighted by molar-refractivity contribution is -0.136. The zero-order valence-corrected chi connectivity index (χ0v) is 6.11. The second kappa shape index (κ2) is 5.18. The minimum Gasteiger partial charge on any atom is -0.394 e. The first-order chi connectivity index (χ1) is 5.91. The van der Waals surface area contributed by atoms with Gasteiger partial charge in [-0.3, -0.25) is 0 Å². The summed E-state index contributed by atoms with van der Waals surface area (Å²) in [7, 11) is 0. The summed E-state index contributed by atoms with van der Waals surface area (Å²) in [5, 5.41) is 43.9. The Morgan fingerprint density at radius 1 is 1.25 bits per heavy atom. The number of aliphatic hydroxyl groups is 5. The van der Waals surface area contributed by atoms with E-state index in [9.17, 15) is 4.79 Å². The average Bonchev–Trinajstić information content (AvgIpc) is 2.12. The highest BCUT2D eigenvalue weighted by molar-refractivity contribution is 5.56. The lowest BCUT2D eigenvalue weighted by Crippen LogP contribution is -2.46. The Bertz CT molecular complexity index is 163. The smallest absolute Gasteiger partial charge is 0.151 e. The van der Waals surface area contributed by atoms with Gasteiger partial charge in [-0.15, -0.1) is 0 Å². The van der Waals surface area contributed by atoms with Crippen molar-refractivity contribution in [1.29, 1.82) is 0 Å². The molecule has 0 aromatic carbocycles. The van der Waals surface area contributed by atoms with Crippen LogP contribution < -0.4 is 0 Å². The van der Waals surface area contributed by atoms with Crippen LogP contribution in [0.15, 0.2) is 0 Å². The van der Waals surface area contributed by atoms with E-state index in [0.717, 1.165) is 0 Å². The molecule has 5 atom stereocenters. The third-order valence-corrected chi connectivity index (χ3v) is 1.34. The van der Waals surface area contributed by atoms with E-state index < -0.39 is 31.0 Å². The van der Waals surface area contributed by atoms with E-state index >= 15 is 0 Å². The van der Waals surface area contributed by atoms with Crippen molar-refractivity contribution >= 4 is 6.29 Å². The summed E-state index contributed by atoms with van der Waals surface area (Å²) in [5.74, 6) is 0. The summed E-state index contributed by atoms with van der Waals surface area (Å²) in [4.78, 5) is 9.93. The van der Waals surface area contributed by atoms with Gasteiger partial charge in [0.2, 0.25) is 0 Å². The Balaban J connectivity index is 4.23. The first-order valence-electron chi connectivity index (χ1n) is 3.77. The number of hydrogen-bond acceptors (Lipinski definition) is 6. The van der Waals surface area contributed by atoms with Crippen LogP contribution in [-0.2, 0) is 4.79 Å². The number of aliphatic hydroxyl groups excluding tert-OH is 5. The van der Waals surface area contributed by atoms with Crippen LogP contribution in [0.25, 0.3) is 0 Å². The topological polar surface area (TPSA) is 118 Å². The predicted octanol–water partition coefficient (Wildman–Crippen LogP) is -3.38. The van der Waals surface area contributed by atoms with E-state index in [-0.39, 0.29) is 6.29 Å². The number of hydrogen-bond donors (Lipinski definition) is 5. The molecule has 0 aromatic heterocycles. The van der Waals surface area contributed by atoms with Gasteiger partial charge < -0.3 is 30.3 Å². The first kappa shape index (κ1) is 9.56. The Morgan fingerprint density at radius 2 is 1.75 bits per heavy atom. The van der Waals surface area contributed by atoms with Crippen molar-refractivity contribution in [3.8, 4) is 0 Å². The van der Waals surface area contributed by atoms with Gasteiger partial charge >= 0.3 is 0 Å². The highest BCUT2D eigenvalue weighted by atomic mass is 16.4. The van der Waals surface area contributed by atoms with Crippen molar-refractivity contribution in [1.82, 2.24) is 0 Å². The Morgan fingerprint density at radius 3 is 2.08 bits per heavy atom. The van der Waals surface area contributed by atoms with Crippen molar-refractivity contribution in [2.24, 2.45) is 0 Å². The second-order valence-electron chi connectivity index (χ2n) is 2.25. The monoisotopic (exact) mass is 181 g/mol. The first-order valence-corrected chi connectivity index (χ1v) is 3.19. The maximum atomic E-state index is 9.93. The van der Waals surface area contributed by atoms with Crippen molar-refractivity contribution < 1.29 is 31.7 Å². The molecule has 1 unspecified atom stereocenters. The van der Waals surface area contributed by atoms with Crippen LogP contribution in [0.1, 0.15) is 1.37 Å². The van der Waals surface area contributed by atoms with Crippen molar-refractivity contribution in [3.63, 3.8) is 0 Å². The van der Waals surface area contributed by atoms with Crippen molar-refractivity contribution in [2.45, 2.75) is 24.4 Å². The molecule has 0 spiro atoms. The van der Waals surface area contributed by atoms with Gasteiger partial charge in [0.25, 0.3) is 0 Å². The van der Waals surface area contributed by atoms with Crippen LogP contribution in [0.3, 0.4) is 0 Å². The van der Waals surface area contributed by atoms with E-state index in [1.54, 1.807) is 0 Å². The third kappa shape index (κ3) is 2.84. The largest absolute Gasteiger partial charge is 0.394 e. The zero-order valence-electron chi connectivity index (χ0n) is 7.11. The van der Waals surface area contributed by atoms with E-state index in [1.165, 1.54) is 0 Å². The molecule has 6 heteroatoms. The van der Waals surface area contributed by atoms with Crippen LogP contribution in [0.5, 0.6) is 0 Å². The van der Waals surface area contributed by atoms with Gasteiger partial charge in [-0.1, -0.05) is 0 Å². The molecule has 0 aliphatic carbocycles. The molecule has 6 nitrogen and oxygen atoms in total. The molecule has 0 aliphatic heterocycles. The molecule has 0 fully saturated rings. The quantitative estimate of drug-likeness (QED) is 0.282. The molecule has 0 aliphatic rings. The molecule has 12 heavy (non-hydrogen) atoms. The average molecular weight is 181 g/mol. The molecular weight excluding hydrogens is 168 g/mol. The van der Waals surface area contributed by atoms with E-state index in [4.69, 9.17) is 26.9 Å². The SMILES string of the molecule is [2H]C(O)[C@@H](O)[C@@H](O)[C@H](O)[C@@H](O)C=O. The van der Waals surface area contributed by atoms with Gasteiger partial charge in [0.1, 0.15) is 24.4 Å². The number of rotatable bonds is 5. The molecule has 0 saturated carbocycles. The summed E-state index contributed by atoms with van der Waals surface area (Å²) >= 11 is 0. The van der Waals surface area contributed by atoms with E-state index in [0.29, 0.717) is 0 Å². The van der Waals surface area contributed by atoms with Gasteiger partial charge in [0, 0.05) is 0 Å². The van der Waals surface area contributed by atoms with Crippen LogP contribution in [0.2, 0.25) is 0 Å². The molecule has 0 bridgehead atoms. The highest BCUT2D eigenvalue weighted by Gasteiger charge is 2.29. The summed E-state index contributed by atoms with van der Waals surface area (Å²) in [6, 6.07) is 0. The normalized spacial score (nSPS) is 24.9. The van der Waals surface area contributed by atoms with Gasteiger partial charge in [0.15, 0.2) is 6.29 Å². The summed E-state index contributed by atoms with van der Waals surface area (Å²) in [6.45, 7) is -2.01. The number of carbonyl (C=O) groups is 1. The minimum atomic E-state index is -2.01. The molecule has 0 saturated heterocycles. The van der Waals surface area contributed by atoms with Crippen LogP contribution in [-0.4, -0.2) is 62.8 Å². The lowest BCUT2D eigenvalue weighted by atomic mass is 10.0. The summed E-state index contributed by atoms with van der Waals surface area (Å²) in [5.41, 5.74) is 0. The molecule has 0 heterocycles. The number of aldehydes is 1. The fraction of sp³-hybridized carbons (Fsp3) is 0.833. The Kier molecular flexibility index (Phi) is 4.12. The summed E-state index contributed by atoms with van der Waals surface area (Å²) in [6.07, 6.45) is -7.70. The molecule has 0 aromatic rings. The molecule has 0 amide bonds. The van der Waals surface area contributed by atoms with Gasteiger partial charge in [0.05, 0.1) is 7.95 Å². The zero-order chi connectivity index (χ0) is 10.6. The lowest BCUT2D eigenvalue weighted by Gasteiger charge is -2.22. The molecule has 5 N–H and O–H groups in total. The maximum absolute atomic E-state index is 9.93. The maximum Gasteiger partial charge on any atom is 0.151 e. The highest BCUT2D eigenvalue weighted by Crippen LogP contribution is 2.02. The Hall–Kier alpha value is -0.530. The van der Waals surface area contributed by atoms with E-state index in [1.807, 2.05) is 0 Å². The van der Waals surface area contributed by atoms with Crippen molar-refractivity contribution in [2.75, 3.05) is 6.58 Å². The summed E-state index contributed by atoms with van der Waals surface area (Å²) < 4.78 is 6.57. The fourth-order valence-electron chi connectivity index (χ4n) is 0.573. The van der Waals surface area contributed by atoms with Crippen LogP contribution in [0, 0.1) is 0 Å². The Labute approximate surface area is 70.1 Å².